The molecule has 1 aromatic rings. The van der Waals surface area contributed by atoms with Crippen molar-refractivity contribution in [1.82, 2.24) is 5.32 Å². The molecule has 0 bridgehead atoms. The predicted octanol–water partition coefficient (Wildman–Crippen LogP) is 2.57. The molecule has 2 rings (SSSR count). The summed E-state index contributed by atoms with van der Waals surface area (Å²) in [5, 5.41) is 4.54. The smallest absolute Gasteiger partial charge is 0.173 e. The van der Waals surface area contributed by atoms with Gasteiger partial charge in [0.05, 0.1) is 7.11 Å². The highest BCUT2D eigenvalue weighted by molar-refractivity contribution is 7.13. The predicted molar refractivity (Wildman–Crippen MR) is 55.5 cm³/mol. The molecule has 3 heteroatoms. The Morgan fingerprint density at radius 3 is 3.00 bits per heavy atom. The van der Waals surface area contributed by atoms with Crippen molar-refractivity contribution in [1.29, 1.82) is 0 Å². The minimum atomic E-state index is 0.572. The van der Waals surface area contributed by atoms with Crippen LogP contribution >= 0.6 is 11.3 Å². The van der Waals surface area contributed by atoms with Gasteiger partial charge in [0.2, 0.25) is 0 Å². The van der Waals surface area contributed by atoms with Crippen LogP contribution in [-0.2, 0) is 0 Å². The van der Waals surface area contributed by atoms with Crippen molar-refractivity contribution < 1.29 is 4.74 Å². The van der Waals surface area contributed by atoms with Crippen molar-refractivity contribution in [2.75, 3.05) is 13.7 Å². The molecule has 72 valence electrons. The van der Waals surface area contributed by atoms with Crippen LogP contribution in [0.1, 0.15) is 30.2 Å². The van der Waals surface area contributed by atoms with Gasteiger partial charge in [-0.1, -0.05) is 6.42 Å². The fourth-order valence-electron chi connectivity index (χ4n) is 1.73. The molecule has 1 saturated heterocycles. The first-order chi connectivity index (χ1) is 6.40. The molecule has 1 unspecified atom stereocenters. The van der Waals surface area contributed by atoms with Gasteiger partial charge in [-0.2, -0.15) is 0 Å². The highest BCUT2D eigenvalue weighted by Crippen LogP contribution is 2.32. The van der Waals surface area contributed by atoms with Gasteiger partial charge in [-0.15, -0.1) is 11.3 Å². The van der Waals surface area contributed by atoms with E-state index < -0.39 is 0 Å². The van der Waals surface area contributed by atoms with Gasteiger partial charge in [0.1, 0.15) is 0 Å². The van der Waals surface area contributed by atoms with E-state index in [-0.39, 0.29) is 0 Å². The number of hydrogen-bond acceptors (Lipinski definition) is 3. The van der Waals surface area contributed by atoms with E-state index in [9.17, 15) is 0 Å². The van der Waals surface area contributed by atoms with Crippen LogP contribution in [0.25, 0.3) is 0 Å². The second kappa shape index (κ2) is 4.11. The normalized spacial score (nSPS) is 23.0. The maximum atomic E-state index is 5.18. The summed E-state index contributed by atoms with van der Waals surface area (Å²) >= 11 is 1.75. The SMILES string of the molecule is COc1ccc(C2CCCCN2)s1. The average Bonchev–Trinajstić information content (AvgIpc) is 2.67. The third kappa shape index (κ3) is 2.03. The number of nitrogens with one attached hydrogen (secondary N) is 1. The molecule has 0 aromatic carbocycles. The Bertz CT molecular complexity index is 266. The van der Waals surface area contributed by atoms with Crippen LogP contribution in [0.3, 0.4) is 0 Å². The molecule has 1 aromatic heterocycles. The zero-order valence-electron chi connectivity index (χ0n) is 7.88. The number of ether oxygens (including phenoxy) is 1. The van der Waals surface area contributed by atoms with E-state index in [1.807, 2.05) is 0 Å². The number of hydrogen-bond donors (Lipinski definition) is 1. The van der Waals surface area contributed by atoms with Gasteiger partial charge in [0.25, 0.3) is 0 Å². The quantitative estimate of drug-likeness (QED) is 0.786. The van der Waals surface area contributed by atoms with Crippen LogP contribution in [-0.4, -0.2) is 13.7 Å². The lowest BCUT2D eigenvalue weighted by atomic mass is 10.0. The van der Waals surface area contributed by atoms with Gasteiger partial charge in [-0.05, 0) is 31.5 Å². The van der Waals surface area contributed by atoms with Crippen LogP contribution in [0.4, 0.5) is 0 Å². The summed E-state index contributed by atoms with van der Waals surface area (Å²) < 4.78 is 5.18. The maximum Gasteiger partial charge on any atom is 0.173 e. The van der Waals surface area contributed by atoms with Crippen molar-refractivity contribution in [2.24, 2.45) is 0 Å². The lowest BCUT2D eigenvalue weighted by Crippen LogP contribution is -2.25. The summed E-state index contributed by atoms with van der Waals surface area (Å²) in [7, 11) is 1.73. The summed E-state index contributed by atoms with van der Waals surface area (Å²) in [4.78, 5) is 1.41. The zero-order valence-corrected chi connectivity index (χ0v) is 8.69. The fraction of sp³-hybridized carbons (Fsp3) is 0.600. The van der Waals surface area contributed by atoms with E-state index in [2.05, 4.69) is 17.4 Å². The molecule has 0 saturated carbocycles. The number of thiophene rings is 1. The molecule has 0 radical (unpaired) electrons. The van der Waals surface area contributed by atoms with Gasteiger partial charge in [0, 0.05) is 10.9 Å². The van der Waals surface area contributed by atoms with Crippen molar-refractivity contribution in [3.8, 4) is 5.06 Å². The molecular weight excluding hydrogens is 182 g/mol. The Balaban J connectivity index is 2.05. The highest BCUT2D eigenvalue weighted by Gasteiger charge is 2.16. The van der Waals surface area contributed by atoms with Crippen LogP contribution in [0.5, 0.6) is 5.06 Å². The van der Waals surface area contributed by atoms with Crippen LogP contribution in [0.2, 0.25) is 0 Å². The summed E-state index contributed by atoms with van der Waals surface area (Å²) in [5.41, 5.74) is 0. The van der Waals surface area contributed by atoms with Crippen molar-refractivity contribution >= 4 is 11.3 Å². The Morgan fingerprint density at radius 1 is 1.46 bits per heavy atom. The summed E-state index contributed by atoms with van der Waals surface area (Å²) in [6.45, 7) is 1.16. The highest BCUT2D eigenvalue weighted by atomic mass is 32.1. The first-order valence-electron chi connectivity index (χ1n) is 4.77. The van der Waals surface area contributed by atoms with Gasteiger partial charge >= 0.3 is 0 Å². The lowest BCUT2D eigenvalue weighted by Gasteiger charge is -2.21. The van der Waals surface area contributed by atoms with E-state index in [1.54, 1.807) is 18.4 Å². The topological polar surface area (TPSA) is 21.3 Å². The molecule has 1 atom stereocenters. The largest absolute Gasteiger partial charge is 0.487 e. The Morgan fingerprint density at radius 2 is 2.38 bits per heavy atom. The van der Waals surface area contributed by atoms with Crippen LogP contribution in [0, 0.1) is 0 Å². The van der Waals surface area contributed by atoms with Gasteiger partial charge in [-0.25, -0.2) is 0 Å². The average molecular weight is 197 g/mol. The van der Waals surface area contributed by atoms with E-state index in [1.165, 1.54) is 24.1 Å². The fourth-order valence-corrected chi connectivity index (χ4v) is 2.66. The number of rotatable bonds is 2. The molecule has 13 heavy (non-hydrogen) atoms. The third-order valence-corrected chi connectivity index (χ3v) is 3.62. The molecule has 0 amide bonds. The lowest BCUT2D eigenvalue weighted by molar-refractivity contribution is 0.417. The first kappa shape index (κ1) is 9.03. The molecule has 1 fully saturated rings. The van der Waals surface area contributed by atoms with Crippen LogP contribution in [0.15, 0.2) is 12.1 Å². The first-order valence-corrected chi connectivity index (χ1v) is 5.59. The van der Waals surface area contributed by atoms with Crippen LogP contribution < -0.4 is 10.1 Å². The molecule has 0 aliphatic carbocycles. The maximum absolute atomic E-state index is 5.18. The molecule has 2 nitrogen and oxygen atoms in total. The minimum absolute atomic E-state index is 0.572. The second-order valence-electron chi connectivity index (χ2n) is 3.36. The van der Waals surface area contributed by atoms with Crippen molar-refractivity contribution in [2.45, 2.75) is 25.3 Å². The van der Waals surface area contributed by atoms with Gasteiger partial charge in [-0.3, -0.25) is 0 Å². The van der Waals surface area contributed by atoms with Crippen molar-refractivity contribution in [3.63, 3.8) is 0 Å². The molecule has 1 N–H and O–H groups in total. The summed E-state index contributed by atoms with van der Waals surface area (Å²) in [5.74, 6) is 0. The monoisotopic (exact) mass is 197 g/mol. The standard InChI is InChI=1S/C10H15NOS/c1-12-10-6-5-9(13-10)8-4-2-3-7-11-8/h5-6,8,11H,2-4,7H2,1H3. The number of methoxy groups -OCH3 is 1. The molecule has 0 spiro atoms. The summed E-state index contributed by atoms with van der Waals surface area (Å²) in [6, 6.07) is 4.80. The van der Waals surface area contributed by atoms with E-state index >= 15 is 0 Å². The van der Waals surface area contributed by atoms with Gasteiger partial charge in [0.15, 0.2) is 5.06 Å². The molecule has 1 aliphatic rings. The van der Waals surface area contributed by atoms with Crippen molar-refractivity contribution in [3.05, 3.63) is 17.0 Å². The Hall–Kier alpha value is -0.540. The Labute approximate surface area is 82.9 Å². The zero-order chi connectivity index (χ0) is 9.10. The Kier molecular flexibility index (Phi) is 2.86. The van der Waals surface area contributed by atoms with E-state index in [4.69, 9.17) is 4.74 Å². The van der Waals surface area contributed by atoms with Gasteiger partial charge < -0.3 is 10.1 Å². The second-order valence-corrected chi connectivity index (χ2v) is 4.44. The van der Waals surface area contributed by atoms with E-state index in [0.717, 1.165) is 11.6 Å². The molecular formula is C10H15NOS. The minimum Gasteiger partial charge on any atom is -0.487 e. The number of piperidine rings is 1. The van der Waals surface area contributed by atoms with E-state index in [0.29, 0.717) is 6.04 Å². The molecule has 2 heterocycles. The summed E-state index contributed by atoms with van der Waals surface area (Å²) in [6.07, 6.45) is 3.93. The molecule has 1 aliphatic heterocycles. The third-order valence-electron chi connectivity index (χ3n) is 2.46.